The maximum Gasteiger partial charge on any atom is 0.216 e. The molecule has 0 bridgehead atoms. The van der Waals surface area contributed by atoms with Gasteiger partial charge >= 0.3 is 0 Å². The van der Waals surface area contributed by atoms with Gasteiger partial charge in [-0.2, -0.15) is 0 Å². The highest BCUT2D eigenvalue weighted by Gasteiger charge is 2.18. The minimum Gasteiger partial charge on any atom is -0.496 e. The molecule has 0 radical (unpaired) electrons. The number of methoxy groups -OCH3 is 1. The molecule has 1 N–H and O–H groups in total. The highest BCUT2D eigenvalue weighted by atomic mass is 32.2. The second kappa shape index (κ2) is 6.94. The van der Waals surface area contributed by atoms with Crippen LogP contribution >= 0.6 is 0 Å². The Morgan fingerprint density at radius 1 is 1.14 bits per heavy atom. The normalized spacial score (nSPS) is 12.9. The van der Waals surface area contributed by atoms with Gasteiger partial charge in [-0.05, 0) is 25.5 Å². The number of rotatable bonds is 6. The number of benzene rings is 2. The molecule has 0 aliphatic heterocycles. The second-order valence-corrected chi connectivity index (χ2v) is 7.08. The molecule has 0 aliphatic carbocycles. The fourth-order valence-electron chi connectivity index (χ4n) is 2.42. The Kier molecular flexibility index (Phi) is 5.21. The molecule has 0 fully saturated rings. The summed E-state index contributed by atoms with van der Waals surface area (Å²) in [5.41, 5.74) is 2.64. The quantitative estimate of drug-likeness (QED) is 0.889. The minimum atomic E-state index is -3.43. The van der Waals surface area contributed by atoms with Gasteiger partial charge < -0.3 is 4.74 Å². The third-order valence-electron chi connectivity index (χ3n) is 3.40. The summed E-state index contributed by atoms with van der Waals surface area (Å²) in [7, 11) is -1.85. The molecular formula is C17H21NO3S. The fraction of sp³-hybridized carbons (Fsp3) is 0.294. The molecule has 0 saturated carbocycles. The van der Waals surface area contributed by atoms with Gasteiger partial charge in [0.1, 0.15) is 5.75 Å². The zero-order valence-corrected chi connectivity index (χ0v) is 13.9. The molecule has 0 aliphatic rings. The smallest absolute Gasteiger partial charge is 0.216 e. The number of sulfonamides is 1. The van der Waals surface area contributed by atoms with Gasteiger partial charge in [0.25, 0.3) is 0 Å². The Morgan fingerprint density at radius 2 is 1.86 bits per heavy atom. The first-order valence-electron chi connectivity index (χ1n) is 7.10. The van der Waals surface area contributed by atoms with Crippen molar-refractivity contribution >= 4 is 10.0 Å². The van der Waals surface area contributed by atoms with Crippen LogP contribution in [0, 0.1) is 6.92 Å². The van der Waals surface area contributed by atoms with E-state index in [1.54, 1.807) is 7.11 Å². The molecule has 0 aromatic heterocycles. The first-order chi connectivity index (χ1) is 10.4. The number of nitrogens with one attached hydrogen (secondary N) is 1. The lowest BCUT2D eigenvalue weighted by atomic mass is 10.1. The highest BCUT2D eigenvalue weighted by Crippen LogP contribution is 2.25. The van der Waals surface area contributed by atoms with Crippen molar-refractivity contribution in [2.75, 3.05) is 7.11 Å². The van der Waals surface area contributed by atoms with Crippen molar-refractivity contribution in [3.63, 3.8) is 0 Å². The molecular weight excluding hydrogens is 298 g/mol. The van der Waals surface area contributed by atoms with Crippen molar-refractivity contribution in [1.82, 2.24) is 4.72 Å². The van der Waals surface area contributed by atoms with E-state index in [0.717, 1.165) is 16.7 Å². The number of aryl methyl sites for hydroxylation is 1. The van der Waals surface area contributed by atoms with E-state index in [4.69, 9.17) is 4.74 Å². The average molecular weight is 319 g/mol. The minimum absolute atomic E-state index is 0.0336. The second-order valence-electron chi connectivity index (χ2n) is 5.33. The topological polar surface area (TPSA) is 55.4 Å². The molecule has 118 valence electrons. The molecule has 4 nitrogen and oxygen atoms in total. The Morgan fingerprint density at radius 3 is 2.55 bits per heavy atom. The summed E-state index contributed by atoms with van der Waals surface area (Å²) in [5.74, 6) is 0.641. The van der Waals surface area contributed by atoms with Crippen LogP contribution < -0.4 is 9.46 Å². The van der Waals surface area contributed by atoms with E-state index in [9.17, 15) is 8.42 Å². The van der Waals surface area contributed by atoms with Crippen LogP contribution in [0.1, 0.15) is 29.7 Å². The largest absolute Gasteiger partial charge is 0.496 e. The van der Waals surface area contributed by atoms with E-state index in [2.05, 4.69) is 4.72 Å². The van der Waals surface area contributed by atoms with Crippen LogP contribution in [0.2, 0.25) is 0 Å². The van der Waals surface area contributed by atoms with Crippen LogP contribution in [0.15, 0.2) is 48.5 Å². The molecule has 22 heavy (non-hydrogen) atoms. The summed E-state index contributed by atoms with van der Waals surface area (Å²) in [6, 6.07) is 14.6. The van der Waals surface area contributed by atoms with Gasteiger partial charge in [-0.25, -0.2) is 13.1 Å². The van der Waals surface area contributed by atoms with Crippen LogP contribution in [0.3, 0.4) is 0 Å². The number of hydrogen-bond acceptors (Lipinski definition) is 3. The van der Waals surface area contributed by atoms with Gasteiger partial charge in [0.2, 0.25) is 10.0 Å². The summed E-state index contributed by atoms with van der Waals surface area (Å²) < 4.78 is 32.7. The summed E-state index contributed by atoms with van der Waals surface area (Å²) in [6.45, 7) is 3.76. The summed E-state index contributed by atoms with van der Waals surface area (Å²) >= 11 is 0. The summed E-state index contributed by atoms with van der Waals surface area (Å²) in [4.78, 5) is 0. The van der Waals surface area contributed by atoms with Crippen LogP contribution in [0.5, 0.6) is 5.75 Å². The molecule has 0 amide bonds. The summed E-state index contributed by atoms with van der Waals surface area (Å²) in [6.07, 6.45) is 0. The highest BCUT2D eigenvalue weighted by molar-refractivity contribution is 7.88. The van der Waals surface area contributed by atoms with E-state index in [1.165, 1.54) is 0 Å². The Bertz CT molecular complexity index is 741. The zero-order chi connectivity index (χ0) is 16.2. The van der Waals surface area contributed by atoms with Crippen molar-refractivity contribution in [3.8, 4) is 5.75 Å². The van der Waals surface area contributed by atoms with E-state index in [0.29, 0.717) is 5.75 Å². The van der Waals surface area contributed by atoms with E-state index < -0.39 is 10.0 Å². The first kappa shape index (κ1) is 16.5. The lowest BCUT2D eigenvalue weighted by Gasteiger charge is -2.17. The van der Waals surface area contributed by atoms with Gasteiger partial charge in [-0.1, -0.05) is 48.0 Å². The third kappa shape index (κ3) is 4.32. The SMILES string of the molecule is COc1ccccc1[C@@H](C)NS(=O)(=O)Cc1cccc(C)c1. The molecule has 5 heteroatoms. The monoisotopic (exact) mass is 319 g/mol. The van der Waals surface area contributed by atoms with Gasteiger partial charge in [-0.15, -0.1) is 0 Å². The van der Waals surface area contributed by atoms with Crippen LogP contribution in [0.4, 0.5) is 0 Å². The maximum absolute atomic E-state index is 12.3. The Balaban J connectivity index is 2.14. The summed E-state index contributed by atoms with van der Waals surface area (Å²) in [5, 5.41) is 0. The number of hydrogen-bond donors (Lipinski definition) is 1. The Labute approximate surface area is 132 Å². The average Bonchev–Trinajstić information content (AvgIpc) is 2.46. The number of para-hydroxylation sites is 1. The standard InChI is InChI=1S/C17H21NO3S/c1-13-7-6-8-15(11-13)12-22(19,20)18-14(2)16-9-4-5-10-17(16)21-3/h4-11,14,18H,12H2,1-3H3/t14-/m1/s1. The maximum atomic E-state index is 12.3. The van der Waals surface area contributed by atoms with Crippen LogP contribution in [-0.4, -0.2) is 15.5 Å². The van der Waals surface area contributed by atoms with Crippen LogP contribution in [0.25, 0.3) is 0 Å². The molecule has 2 aromatic carbocycles. The molecule has 2 rings (SSSR count). The predicted molar refractivity (Wildman–Crippen MR) is 88.3 cm³/mol. The van der Waals surface area contributed by atoms with E-state index in [-0.39, 0.29) is 11.8 Å². The van der Waals surface area contributed by atoms with Gasteiger partial charge in [0.05, 0.1) is 12.9 Å². The van der Waals surface area contributed by atoms with Gasteiger partial charge in [0, 0.05) is 11.6 Å². The molecule has 0 heterocycles. The lowest BCUT2D eigenvalue weighted by Crippen LogP contribution is -2.28. The molecule has 0 spiro atoms. The fourth-order valence-corrected chi connectivity index (χ4v) is 3.79. The van der Waals surface area contributed by atoms with Gasteiger partial charge in [0.15, 0.2) is 0 Å². The lowest BCUT2D eigenvalue weighted by molar-refractivity contribution is 0.405. The van der Waals surface area contributed by atoms with Crippen molar-refractivity contribution < 1.29 is 13.2 Å². The Hall–Kier alpha value is -1.85. The number of ether oxygens (including phenoxy) is 1. The van der Waals surface area contributed by atoms with E-state index >= 15 is 0 Å². The predicted octanol–water partition coefficient (Wildman–Crippen LogP) is 3.18. The molecule has 0 unspecified atom stereocenters. The van der Waals surface area contributed by atoms with Crippen molar-refractivity contribution in [2.45, 2.75) is 25.6 Å². The molecule has 0 saturated heterocycles. The van der Waals surface area contributed by atoms with E-state index in [1.807, 2.05) is 62.4 Å². The molecule has 2 aromatic rings. The molecule has 1 atom stereocenters. The zero-order valence-electron chi connectivity index (χ0n) is 13.0. The van der Waals surface area contributed by atoms with Crippen molar-refractivity contribution in [3.05, 3.63) is 65.2 Å². The first-order valence-corrected chi connectivity index (χ1v) is 8.75. The third-order valence-corrected chi connectivity index (χ3v) is 4.83. The van der Waals surface area contributed by atoms with Crippen molar-refractivity contribution in [1.29, 1.82) is 0 Å². The van der Waals surface area contributed by atoms with Crippen LogP contribution in [-0.2, 0) is 15.8 Å². The van der Waals surface area contributed by atoms with Gasteiger partial charge in [-0.3, -0.25) is 0 Å². The van der Waals surface area contributed by atoms with Crippen molar-refractivity contribution in [2.24, 2.45) is 0 Å².